The van der Waals surface area contributed by atoms with Gasteiger partial charge in [-0.15, -0.1) is 0 Å². The zero-order chi connectivity index (χ0) is 12.3. The van der Waals surface area contributed by atoms with Crippen LogP contribution in [0.4, 0.5) is 4.79 Å². The molecule has 2 rings (SSSR count). The maximum atomic E-state index is 12.1. The van der Waals surface area contributed by atoms with Crippen LogP contribution >= 0.6 is 0 Å². The lowest BCUT2D eigenvalue weighted by Gasteiger charge is -2.34. The first-order chi connectivity index (χ1) is 8.20. The highest BCUT2D eigenvalue weighted by Gasteiger charge is 2.51. The molecule has 0 unspecified atom stereocenters. The predicted molar refractivity (Wildman–Crippen MR) is 62.6 cm³/mol. The summed E-state index contributed by atoms with van der Waals surface area (Å²) < 4.78 is 5.02. The van der Waals surface area contributed by atoms with E-state index in [-0.39, 0.29) is 11.9 Å². The third kappa shape index (κ3) is 2.16. The normalized spacial score (nSPS) is 23.9. The van der Waals surface area contributed by atoms with Crippen LogP contribution in [0.5, 0.6) is 0 Å². The maximum absolute atomic E-state index is 12.1. The van der Waals surface area contributed by atoms with Gasteiger partial charge in [0.1, 0.15) is 5.54 Å². The predicted octanol–water partition coefficient (Wildman–Crippen LogP) is 1.28. The smallest absolute Gasteiger partial charge is 0.325 e. The van der Waals surface area contributed by atoms with Crippen molar-refractivity contribution in [3.8, 4) is 0 Å². The first-order valence-corrected chi connectivity index (χ1v) is 6.33. The molecule has 0 aromatic heterocycles. The van der Waals surface area contributed by atoms with Gasteiger partial charge in [-0.2, -0.15) is 0 Å². The fourth-order valence-electron chi connectivity index (χ4n) is 2.91. The van der Waals surface area contributed by atoms with Gasteiger partial charge < -0.3 is 9.64 Å². The molecule has 0 aromatic rings. The fraction of sp³-hybridized carbons (Fsp3) is 0.833. The molecule has 96 valence electrons. The Bertz CT molecular complexity index is 309. The van der Waals surface area contributed by atoms with Gasteiger partial charge in [0.15, 0.2) is 0 Å². The van der Waals surface area contributed by atoms with Crippen LogP contribution in [0, 0.1) is 0 Å². The lowest BCUT2D eigenvalue weighted by molar-refractivity contribution is -0.127. The van der Waals surface area contributed by atoms with Crippen LogP contribution < -0.4 is 5.32 Å². The average Bonchev–Trinajstić information content (AvgIpc) is 2.50. The van der Waals surface area contributed by atoms with Crippen LogP contribution in [0.3, 0.4) is 0 Å². The van der Waals surface area contributed by atoms with Crippen molar-refractivity contribution in [3.05, 3.63) is 0 Å². The molecule has 1 aliphatic heterocycles. The molecule has 5 nitrogen and oxygen atoms in total. The molecule has 5 heteroatoms. The Balaban J connectivity index is 2.19. The van der Waals surface area contributed by atoms with E-state index in [0.717, 1.165) is 38.5 Å². The summed E-state index contributed by atoms with van der Waals surface area (Å²) in [4.78, 5) is 25.6. The second-order valence-corrected chi connectivity index (χ2v) is 4.85. The van der Waals surface area contributed by atoms with Crippen molar-refractivity contribution in [3.63, 3.8) is 0 Å². The van der Waals surface area contributed by atoms with Crippen molar-refractivity contribution < 1.29 is 14.3 Å². The van der Waals surface area contributed by atoms with Crippen molar-refractivity contribution in [1.82, 2.24) is 10.2 Å². The Morgan fingerprint density at radius 2 is 1.88 bits per heavy atom. The van der Waals surface area contributed by atoms with E-state index in [1.165, 1.54) is 0 Å². The molecular weight excluding hydrogens is 220 g/mol. The number of hydrogen-bond donors (Lipinski definition) is 1. The number of carbonyl (C=O) groups is 2. The monoisotopic (exact) mass is 240 g/mol. The zero-order valence-electron chi connectivity index (χ0n) is 10.3. The number of ether oxygens (including phenoxy) is 1. The number of imide groups is 1. The SMILES string of the molecule is COCCN1C(=O)NC(=O)C12CCCCCC2. The molecule has 1 saturated carbocycles. The van der Waals surface area contributed by atoms with Crippen LogP contribution in [0.25, 0.3) is 0 Å². The highest BCUT2D eigenvalue weighted by atomic mass is 16.5. The summed E-state index contributed by atoms with van der Waals surface area (Å²) in [6.45, 7) is 0.969. The molecule has 1 spiro atoms. The van der Waals surface area contributed by atoms with E-state index in [9.17, 15) is 9.59 Å². The summed E-state index contributed by atoms with van der Waals surface area (Å²) in [5.41, 5.74) is -0.591. The van der Waals surface area contributed by atoms with Gasteiger partial charge in [0.2, 0.25) is 0 Å². The largest absolute Gasteiger partial charge is 0.383 e. The first-order valence-electron chi connectivity index (χ1n) is 6.33. The van der Waals surface area contributed by atoms with Crippen molar-refractivity contribution in [2.24, 2.45) is 0 Å². The van der Waals surface area contributed by atoms with Gasteiger partial charge in [-0.25, -0.2) is 4.79 Å². The second kappa shape index (κ2) is 5.04. The summed E-state index contributed by atoms with van der Waals surface area (Å²) in [6.07, 6.45) is 5.92. The second-order valence-electron chi connectivity index (χ2n) is 4.85. The topological polar surface area (TPSA) is 58.6 Å². The Morgan fingerprint density at radius 1 is 1.24 bits per heavy atom. The summed E-state index contributed by atoms with van der Waals surface area (Å²) in [6, 6.07) is -0.256. The number of carbonyl (C=O) groups excluding carboxylic acids is 2. The van der Waals surface area contributed by atoms with Crippen molar-refractivity contribution >= 4 is 11.9 Å². The van der Waals surface area contributed by atoms with Gasteiger partial charge >= 0.3 is 6.03 Å². The molecule has 1 heterocycles. The first kappa shape index (κ1) is 12.4. The van der Waals surface area contributed by atoms with Crippen LogP contribution in [-0.4, -0.2) is 42.6 Å². The van der Waals surface area contributed by atoms with Crippen molar-refractivity contribution in [2.45, 2.75) is 44.1 Å². The van der Waals surface area contributed by atoms with Crippen molar-refractivity contribution in [1.29, 1.82) is 0 Å². The summed E-state index contributed by atoms with van der Waals surface area (Å²) in [5, 5.41) is 2.46. The third-order valence-electron chi connectivity index (χ3n) is 3.85. The number of rotatable bonds is 3. The van der Waals surface area contributed by atoms with Gasteiger partial charge in [0.25, 0.3) is 5.91 Å². The molecule has 1 saturated heterocycles. The molecule has 17 heavy (non-hydrogen) atoms. The number of methoxy groups -OCH3 is 1. The van der Waals surface area contributed by atoms with Crippen LogP contribution in [-0.2, 0) is 9.53 Å². The lowest BCUT2D eigenvalue weighted by atomic mass is 9.89. The molecule has 2 fully saturated rings. The van der Waals surface area contributed by atoms with E-state index >= 15 is 0 Å². The molecule has 1 N–H and O–H groups in total. The van der Waals surface area contributed by atoms with Gasteiger partial charge in [0.05, 0.1) is 6.61 Å². The minimum Gasteiger partial charge on any atom is -0.383 e. The Hall–Kier alpha value is -1.10. The quantitative estimate of drug-likeness (QED) is 0.756. The van der Waals surface area contributed by atoms with Crippen LogP contribution in [0.15, 0.2) is 0 Å². The molecule has 1 aliphatic carbocycles. The van der Waals surface area contributed by atoms with E-state index in [1.54, 1.807) is 12.0 Å². The molecular formula is C12H20N2O3. The van der Waals surface area contributed by atoms with Gasteiger partial charge in [-0.1, -0.05) is 25.7 Å². The minimum atomic E-state index is -0.591. The third-order valence-corrected chi connectivity index (χ3v) is 3.85. The average molecular weight is 240 g/mol. The molecule has 0 bridgehead atoms. The molecule has 0 aromatic carbocycles. The van der Waals surface area contributed by atoms with E-state index < -0.39 is 5.54 Å². The summed E-state index contributed by atoms with van der Waals surface area (Å²) in [5.74, 6) is -0.111. The lowest BCUT2D eigenvalue weighted by Crippen LogP contribution is -2.50. The molecule has 0 atom stereocenters. The number of nitrogens with zero attached hydrogens (tertiary/aromatic N) is 1. The number of amides is 3. The highest BCUT2D eigenvalue weighted by molar-refractivity contribution is 6.07. The van der Waals surface area contributed by atoms with Crippen LogP contribution in [0.1, 0.15) is 38.5 Å². The van der Waals surface area contributed by atoms with E-state index in [4.69, 9.17) is 4.74 Å². The van der Waals surface area contributed by atoms with Crippen LogP contribution in [0.2, 0.25) is 0 Å². The zero-order valence-corrected chi connectivity index (χ0v) is 10.3. The Kier molecular flexibility index (Phi) is 3.66. The van der Waals surface area contributed by atoms with Crippen molar-refractivity contribution in [2.75, 3.05) is 20.3 Å². The Morgan fingerprint density at radius 3 is 2.47 bits per heavy atom. The standard InChI is InChI=1S/C12H20N2O3/c1-17-9-8-14-11(16)13-10(15)12(14)6-4-2-3-5-7-12/h2-9H2,1H3,(H,13,15,16). The Labute approximate surface area is 101 Å². The molecule has 3 amide bonds. The van der Waals surface area contributed by atoms with Gasteiger partial charge in [0, 0.05) is 13.7 Å². The summed E-state index contributed by atoms with van der Waals surface area (Å²) in [7, 11) is 1.61. The number of nitrogens with one attached hydrogen (secondary N) is 1. The number of hydrogen-bond acceptors (Lipinski definition) is 3. The van der Waals surface area contributed by atoms with E-state index in [2.05, 4.69) is 5.32 Å². The highest BCUT2D eigenvalue weighted by Crippen LogP contribution is 2.35. The summed E-state index contributed by atoms with van der Waals surface area (Å²) >= 11 is 0. The van der Waals surface area contributed by atoms with Gasteiger partial charge in [-0.3, -0.25) is 10.1 Å². The maximum Gasteiger partial charge on any atom is 0.325 e. The molecule has 0 radical (unpaired) electrons. The fourth-order valence-corrected chi connectivity index (χ4v) is 2.91. The number of urea groups is 1. The molecule has 2 aliphatic rings. The van der Waals surface area contributed by atoms with Gasteiger partial charge in [-0.05, 0) is 12.8 Å². The van der Waals surface area contributed by atoms with E-state index in [0.29, 0.717) is 13.2 Å². The minimum absolute atomic E-state index is 0.111. The van der Waals surface area contributed by atoms with E-state index in [1.807, 2.05) is 0 Å².